The molecular formula is C21H23FN4O. The molecule has 0 bridgehead atoms. The number of rotatable bonds is 4. The van der Waals surface area contributed by atoms with Gasteiger partial charge in [-0.2, -0.15) is 0 Å². The normalized spacial score (nSPS) is 17.3. The summed E-state index contributed by atoms with van der Waals surface area (Å²) in [6.45, 7) is 4.01. The maximum Gasteiger partial charge on any atom is 0.225 e. The molecule has 6 heteroatoms. The summed E-state index contributed by atoms with van der Waals surface area (Å²) in [6, 6.07) is 12.4. The Balaban J connectivity index is 1.40. The fourth-order valence-corrected chi connectivity index (χ4v) is 3.58. The number of halogens is 1. The van der Waals surface area contributed by atoms with Crippen molar-refractivity contribution in [2.75, 3.05) is 18.0 Å². The number of fused-ring (bicyclic) bond motifs is 1. The summed E-state index contributed by atoms with van der Waals surface area (Å²) in [5, 5.41) is 2.98. The fraction of sp³-hybridized carbons (Fsp3) is 0.333. The van der Waals surface area contributed by atoms with Crippen molar-refractivity contribution in [1.82, 2.24) is 15.3 Å². The number of benzene rings is 2. The smallest absolute Gasteiger partial charge is 0.225 e. The van der Waals surface area contributed by atoms with Gasteiger partial charge in [-0.15, -0.1) is 0 Å². The molecular weight excluding hydrogens is 343 g/mol. The van der Waals surface area contributed by atoms with E-state index in [1.807, 2.05) is 6.07 Å². The van der Waals surface area contributed by atoms with Crippen molar-refractivity contribution in [3.63, 3.8) is 0 Å². The van der Waals surface area contributed by atoms with Gasteiger partial charge >= 0.3 is 0 Å². The molecule has 5 nitrogen and oxygen atoms in total. The second kappa shape index (κ2) is 7.39. The zero-order chi connectivity index (χ0) is 18.8. The average Bonchev–Trinajstić information content (AvgIpc) is 3.10. The monoisotopic (exact) mass is 366 g/mol. The number of carbonyl (C=O) groups is 1. The minimum atomic E-state index is -0.269. The van der Waals surface area contributed by atoms with E-state index in [1.165, 1.54) is 17.7 Å². The maximum absolute atomic E-state index is 13.0. The van der Waals surface area contributed by atoms with Crippen LogP contribution in [-0.4, -0.2) is 29.0 Å². The minimum absolute atomic E-state index is 0.0379. The van der Waals surface area contributed by atoms with Crippen LogP contribution in [0.15, 0.2) is 42.5 Å². The lowest BCUT2D eigenvalue weighted by Crippen LogP contribution is -2.43. The predicted molar refractivity (Wildman–Crippen MR) is 104 cm³/mol. The van der Waals surface area contributed by atoms with Crippen molar-refractivity contribution in [2.24, 2.45) is 5.92 Å². The Hall–Kier alpha value is -2.89. The molecule has 27 heavy (non-hydrogen) atoms. The summed E-state index contributed by atoms with van der Waals surface area (Å²) >= 11 is 0. The van der Waals surface area contributed by atoms with Gasteiger partial charge in [0, 0.05) is 19.6 Å². The lowest BCUT2D eigenvalue weighted by molar-refractivity contribution is -0.125. The van der Waals surface area contributed by atoms with Crippen molar-refractivity contribution >= 4 is 22.9 Å². The summed E-state index contributed by atoms with van der Waals surface area (Å²) in [6.07, 6.45) is 1.82. The third-order valence-electron chi connectivity index (χ3n) is 5.10. The number of nitrogens with zero attached hydrogens (tertiary/aromatic N) is 2. The summed E-state index contributed by atoms with van der Waals surface area (Å²) < 4.78 is 13.0. The fourth-order valence-electron chi connectivity index (χ4n) is 3.58. The number of imidazole rings is 1. The molecule has 1 atom stereocenters. The first-order valence-electron chi connectivity index (χ1n) is 9.32. The van der Waals surface area contributed by atoms with Gasteiger partial charge in [0.15, 0.2) is 0 Å². The summed E-state index contributed by atoms with van der Waals surface area (Å²) in [7, 11) is 0. The van der Waals surface area contributed by atoms with E-state index >= 15 is 0 Å². The van der Waals surface area contributed by atoms with Gasteiger partial charge in [-0.3, -0.25) is 4.79 Å². The molecule has 0 saturated carbocycles. The standard InChI is InChI=1S/C21H23FN4O/c1-14-4-9-18-19(11-14)25-21(24-18)26-10-2-3-16(13-26)20(27)23-12-15-5-7-17(22)8-6-15/h4-9,11,16H,2-3,10,12-13H2,1H3,(H,23,27)(H,24,25)/t16-/m1/s1. The molecule has 1 aromatic heterocycles. The zero-order valence-corrected chi connectivity index (χ0v) is 15.3. The van der Waals surface area contributed by atoms with Crippen LogP contribution in [0.2, 0.25) is 0 Å². The van der Waals surface area contributed by atoms with Gasteiger partial charge in [-0.05, 0) is 55.2 Å². The lowest BCUT2D eigenvalue weighted by atomic mass is 9.97. The van der Waals surface area contributed by atoms with E-state index in [0.29, 0.717) is 13.1 Å². The quantitative estimate of drug-likeness (QED) is 0.742. The number of hydrogen-bond acceptors (Lipinski definition) is 3. The molecule has 4 rings (SSSR count). The van der Waals surface area contributed by atoms with E-state index < -0.39 is 0 Å². The van der Waals surface area contributed by atoms with E-state index in [9.17, 15) is 9.18 Å². The number of piperidine rings is 1. The topological polar surface area (TPSA) is 61.0 Å². The number of aromatic amines is 1. The van der Waals surface area contributed by atoms with Crippen molar-refractivity contribution in [3.05, 3.63) is 59.4 Å². The van der Waals surface area contributed by atoms with Gasteiger partial charge < -0.3 is 15.2 Å². The van der Waals surface area contributed by atoms with Crippen LogP contribution in [0.25, 0.3) is 11.0 Å². The Labute approximate surface area is 157 Å². The van der Waals surface area contributed by atoms with E-state index in [4.69, 9.17) is 0 Å². The highest BCUT2D eigenvalue weighted by Crippen LogP contribution is 2.24. The lowest BCUT2D eigenvalue weighted by Gasteiger charge is -2.31. The Kier molecular flexibility index (Phi) is 4.79. The van der Waals surface area contributed by atoms with E-state index in [1.54, 1.807) is 12.1 Å². The number of anilines is 1. The maximum atomic E-state index is 13.0. The molecule has 3 aromatic rings. The van der Waals surface area contributed by atoms with Crippen LogP contribution in [0.3, 0.4) is 0 Å². The third kappa shape index (κ3) is 3.94. The highest BCUT2D eigenvalue weighted by atomic mass is 19.1. The molecule has 1 saturated heterocycles. The van der Waals surface area contributed by atoms with Crippen molar-refractivity contribution in [1.29, 1.82) is 0 Å². The molecule has 0 unspecified atom stereocenters. The van der Waals surface area contributed by atoms with Gasteiger partial charge in [0.05, 0.1) is 17.0 Å². The SMILES string of the molecule is Cc1ccc2nc(N3CCC[C@@H](C(=O)NCc4ccc(F)cc4)C3)[nH]c2c1. The molecule has 1 amide bonds. The van der Waals surface area contributed by atoms with Gasteiger partial charge in [-0.25, -0.2) is 9.37 Å². The molecule has 2 N–H and O–H groups in total. The first-order chi connectivity index (χ1) is 13.1. The number of aryl methyl sites for hydroxylation is 1. The minimum Gasteiger partial charge on any atom is -0.352 e. The van der Waals surface area contributed by atoms with Crippen molar-refractivity contribution in [3.8, 4) is 0 Å². The molecule has 1 aliphatic heterocycles. The zero-order valence-electron chi connectivity index (χ0n) is 15.3. The molecule has 0 radical (unpaired) electrons. The van der Waals surface area contributed by atoms with E-state index in [-0.39, 0.29) is 17.6 Å². The molecule has 0 aliphatic carbocycles. The third-order valence-corrected chi connectivity index (χ3v) is 5.10. The summed E-state index contributed by atoms with van der Waals surface area (Å²) in [4.78, 5) is 22.8. The van der Waals surface area contributed by atoms with Gasteiger partial charge in [-0.1, -0.05) is 18.2 Å². The number of H-pyrrole nitrogens is 1. The number of nitrogens with one attached hydrogen (secondary N) is 2. The summed E-state index contributed by atoms with van der Waals surface area (Å²) in [5.41, 5.74) is 4.05. The van der Waals surface area contributed by atoms with Crippen LogP contribution in [0.4, 0.5) is 10.3 Å². The Bertz CT molecular complexity index is 950. The Morgan fingerprint density at radius 3 is 2.93 bits per heavy atom. The molecule has 0 spiro atoms. The van der Waals surface area contributed by atoms with Crippen LogP contribution in [0.1, 0.15) is 24.0 Å². The number of amides is 1. The predicted octanol–water partition coefficient (Wildman–Crippen LogP) is 3.54. The summed E-state index contributed by atoms with van der Waals surface area (Å²) in [5.74, 6) is 0.519. The Morgan fingerprint density at radius 2 is 2.11 bits per heavy atom. The van der Waals surface area contributed by atoms with Crippen LogP contribution in [0, 0.1) is 18.7 Å². The number of hydrogen-bond donors (Lipinski definition) is 2. The van der Waals surface area contributed by atoms with Gasteiger partial charge in [0.1, 0.15) is 5.82 Å². The van der Waals surface area contributed by atoms with Crippen LogP contribution in [-0.2, 0) is 11.3 Å². The van der Waals surface area contributed by atoms with Crippen molar-refractivity contribution in [2.45, 2.75) is 26.3 Å². The number of carbonyl (C=O) groups excluding carboxylic acids is 1. The average molecular weight is 366 g/mol. The molecule has 1 fully saturated rings. The highest BCUT2D eigenvalue weighted by Gasteiger charge is 2.27. The Morgan fingerprint density at radius 1 is 1.30 bits per heavy atom. The van der Waals surface area contributed by atoms with E-state index in [2.05, 4.69) is 39.2 Å². The van der Waals surface area contributed by atoms with Gasteiger partial charge in [0.25, 0.3) is 0 Å². The number of aromatic nitrogens is 2. The van der Waals surface area contributed by atoms with E-state index in [0.717, 1.165) is 41.9 Å². The van der Waals surface area contributed by atoms with Gasteiger partial charge in [0.2, 0.25) is 11.9 Å². The van der Waals surface area contributed by atoms with Crippen LogP contribution >= 0.6 is 0 Å². The highest BCUT2D eigenvalue weighted by molar-refractivity contribution is 5.80. The van der Waals surface area contributed by atoms with Crippen molar-refractivity contribution < 1.29 is 9.18 Å². The molecule has 1 aliphatic rings. The first-order valence-corrected chi connectivity index (χ1v) is 9.32. The van der Waals surface area contributed by atoms with Crippen LogP contribution < -0.4 is 10.2 Å². The molecule has 2 aromatic carbocycles. The molecule has 2 heterocycles. The first kappa shape index (κ1) is 17.5. The van der Waals surface area contributed by atoms with Crippen LogP contribution in [0.5, 0.6) is 0 Å². The molecule has 140 valence electrons. The second-order valence-corrected chi connectivity index (χ2v) is 7.21. The largest absolute Gasteiger partial charge is 0.352 e. The second-order valence-electron chi connectivity index (χ2n) is 7.21.